The molecule has 1 aliphatic heterocycles. The Morgan fingerprint density at radius 2 is 2.44 bits per heavy atom. The molecule has 2 heterocycles. The van der Waals surface area contributed by atoms with Gasteiger partial charge in [-0.2, -0.15) is 0 Å². The van der Waals surface area contributed by atoms with Crippen molar-refractivity contribution in [3.63, 3.8) is 0 Å². The van der Waals surface area contributed by atoms with Gasteiger partial charge in [0.2, 0.25) is 0 Å². The molecule has 0 atom stereocenters. The molecule has 0 saturated carbocycles. The van der Waals surface area contributed by atoms with E-state index in [1.54, 1.807) is 22.9 Å². The number of carbonyl (C=O) groups is 1. The third kappa shape index (κ3) is 2.30. The molecule has 0 spiro atoms. The summed E-state index contributed by atoms with van der Waals surface area (Å²) in [4.78, 5) is 13.3. The van der Waals surface area contributed by atoms with Crippen molar-refractivity contribution < 1.29 is 9.53 Å². The van der Waals surface area contributed by atoms with Crippen molar-refractivity contribution in [2.45, 2.75) is 6.04 Å². The van der Waals surface area contributed by atoms with Crippen LogP contribution in [-0.4, -0.2) is 59.3 Å². The molecule has 0 aromatic carbocycles. The second-order valence-electron chi connectivity index (χ2n) is 3.67. The van der Waals surface area contributed by atoms with Crippen molar-refractivity contribution in [3.8, 4) is 0 Å². The standard InChI is InChI=1S/C9H15N5O2/c1-16-5-3-10-9(15)13-6-8(7-13)14-4-2-11-12-14/h2,4,8H,3,5-7H2,1H3,(H,10,15). The molecule has 2 amide bonds. The van der Waals surface area contributed by atoms with Crippen LogP contribution in [0.3, 0.4) is 0 Å². The van der Waals surface area contributed by atoms with Gasteiger partial charge in [0.25, 0.3) is 0 Å². The molecular weight excluding hydrogens is 210 g/mol. The molecule has 88 valence electrons. The topological polar surface area (TPSA) is 72.3 Å². The average Bonchev–Trinajstić information content (AvgIpc) is 2.69. The quantitative estimate of drug-likeness (QED) is 0.700. The van der Waals surface area contributed by atoms with Crippen molar-refractivity contribution in [1.29, 1.82) is 0 Å². The lowest BCUT2D eigenvalue weighted by atomic mass is 10.1. The molecule has 1 aromatic rings. The maximum atomic E-state index is 11.5. The summed E-state index contributed by atoms with van der Waals surface area (Å²) in [5.41, 5.74) is 0. The number of hydrogen-bond donors (Lipinski definition) is 1. The monoisotopic (exact) mass is 225 g/mol. The molecule has 1 fully saturated rings. The van der Waals surface area contributed by atoms with E-state index in [1.807, 2.05) is 6.20 Å². The van der Waals surface area contributed by atoms with Crippen molar-refractivity contribution in [2.24, 2.45) is 0 Å². The predicted molar refractivity (Wildman–Crippen MR) is 55.9 cm³/mol. The van der Waals surface area contributed by atoms with Crippen LogP contribution in [0.1, 0.15) is 6.04 Å². The second-order valence-corrected chi connectivity index (χ2v) is 3.67. The van der Waals surface area contributed by atoms with Crippen molar-refractivity contribution in [2.75, 3.05) is 33.4 Å². The molecule has 7 nitrogen and oxygen atoms in total. The maximum absolute atomic E-state index is 11.5. The van der Waals surface area contributed by atoms with Crippen LogP contribution in [0.15, 0.2) is 12.4 Å². The zero-order valence-electron chi connectivity index (χ0n) is 9.17. The van der Waals surface area contributed by atoms with Crippen LogP contribution in [0, 0.1) is 0 Å². The van der Waals surface area contributed by atoms with E-state index in [2.05, 4.69) is 15.6 Å². The van der Waals surface area contributed by atoms with Gasteiger partial charge in [-0.05, 0) is 0 Å². The normalized spacial score (nSPS) is 15.9. The summed E-state index contributed by atoms with van der Waals surface area (Å²) in [6, 6.07) is 0.212. The van der Waals surface area contributed by atoms with Crippen molar-refractivity contribution in [3.05, 3.63) is 12.4 Å². The summed E-state index contributed by atoms with van der Waals surface area (Å²) in [6.45, 7) is 2.44. The Labute approximate surface area is 93.4 Å². The Kier molecular flexibility index (Phi) is 3.35. The van der Waals surface area contributed by atoms with E-state index >= 15 is 0 Å². The minimum absolute atomic E-state index is 0.0478. The summed E-state index contributed by atoms with van der Waals surface area (Å²) in [7, 11) is 1.61. The van der Waals surface area contributed by atoms with Gasteiger partial charge in [0.15, 0.2) is 0 Å². The summed E-state index contributed by atoms with van der Waals surface area (Å²) in [5, 5.41) is 10.4. The number of nitrogens with zero attached hydrogens (tertiary/aromatic N) is 4. The SMILES string of the molecule is COCCNC(=O)N1CC(n2ccnn2)C1. The van der Waals surface area contributed by atoms with Gasteiger partial charge in [0.05, 0.1) is 18.8 Å². The average molecular weight is 225 g/mol. The largest absolute Gasteiger partial charge is 0.383 e. The predicted octanol–water partition coefficient (Wildman–Crippen LogP) is -0.509. The molecular formula is C9H15N5O2. The van der Waals surface area contributed by atoms with Crippen LogP contribution in [0.2, 0.25) is 0 Å². The number of urea groups is 1. The molecule has 16 heavy (non-hydrogen) atoms. The van der Waals surface area contributed by atoms with E-state index in [0.29, 0.717) is 26.2 Å². The van der Waals surface area contributed by atoms with Gasteiger partial charge in [0.1, 0.15) is 0 Å². The highest BCUT2D eigenvalue weighted by atomic mass is 16.5. The first-order chi connectivity index (χ1) is 7.81. The molecule has 0 radical (unpaired) electrons. The van der Waals surface area contributed by atoms with Crippen molar-refractivity contribution in [1.82, 2.24) is 25.2 Å². The molecule has 7 heteroatoms. The number of aromatic nitrogens is 3. The fourth-order valence-electron chi connectivity index (χ4n) is 1.57. The van der Waals surface area contributed by atoms with E-state index in [9.17, 15) is 4.79 Å². The highest BCUT2D eigenvalue weighted by molar-refractivity contribution is 5.75. The fraction of sp³-hybridized carbons (Fsp3) is 0.667. The van der Waals surface area contributed by atoms with Gasteiger partial charge in [0, 0.05) is 32.9 Å². The molecule has 1 aromatic heterocycles. The molecule has 1 aliphatic rings. The Morgan fingerprint density at radius 3 is 3.06 bits per heavy atom. The molecule has 1 saturated heterocycles. The van der Waals surface area contributed by atoms with Crippen LogP contribution in [0.25, 0.3) is 0 Å². The van der Waals surface area contributed by atoms with E-state index < -0.39 is 0 Å². The minimum atomic E-state index is -0.0478. The smallest absolute Gasteiger partial charge is 0.317 e. The third-order valence-electron chi connectivity index (χ3n) is 2.55. The Hall–Kier alpha value is -1.63. The number of carbonyl (C=O) groups excluding carboxylic acids is 1. The lowest BCUT2D eigenvalue weighted by Gasteiger charge is -2.38. The van der Waals surface area contributed by atoms with Crippen molar-refractivity contribution >= 4 is 6.03 Å². The van der Waals surface area contributed by atoms with E-state index in [-0.39, 0.29) is 12.1 Å². The van der Waals surface area contributed by atoms with E-state index in [1.165, 1.54) is 0 Å². The van der Waals surface area contributed by atoms with E-state index in [0.717, 1.165) is 0 Å². The fourth-order valence-corrected chi connectivity index (χ4v) is 1.57. The zero-order chi connectivity index (χ0) is 11.4. The minimum Gasteiger partial charge on any atom is -0.383 e. The number of rotatable bonds is 4. The lowest BCUT2D eigenvalue weighted by molar-refractivity contribution is 0.114. The highest BCUT2D eigenvalue weighted by Crippen LogP contribution is 2.19. The van der Waals surface area contributed by atoms with Crippen LogP contribution < -0.4 is 5.32 Å². The molecule has 0 bridgehead atoms. The second kappa shape index (κ2) is 4.93. The third-order valence-corrected chi connectivity index (χ3v) is 2.55. The Balaban J connectivity index is 1.70. The van der Waals surface area contributed by atoms with E-state index in [4.69, 9.17) is 4.74 Å². The first kappa shape index (κ1) is 10.9. The number of likely N-dealkylation sites (tertiary alicyclic amines) is 1. The van der Waals surface area contributed by atoms with Gasteiger partial charge in [-0.3, -0.25) is 0 Å². The summed E-state index contributed by atoms with van der Waals surface area (Å²) in [6.07, 6.45) is 3.45. The number of amides is 2. The number of nitrogens with one attached hydrogen (secondary N) is 1. The number of methoxy groups -OCH3 is 1. The maximum Gasteiger partial charge on any atom is 0.317 e. The number of ether oxygens (including phenoxy) is 1. The molecule has 0 aliphatic carbocycles. The van der Waals surface area contributed by atoms with Gasteiger partial charge in [-0.15, -0.1) is 5.10 Å². The van der Waals surface area contributed by atoms with Crippen LogP contribution in [-0.2, 0) is 4.74 Å². The zero-order valence-corrected chi connectivity index (χ0v) is 9.17. The van der Waals surface area contributed by atoms with Gasteiger partial charge < -0.3 is 15.0 Å². The summed E-state index contributed by atoms with van der Waals surface area (Å²) in [5.74, 6) is 0. The van der Waals surface area contributed by atoms with Gasteiger partial charge >= 0.3 is 6.03 Å². The highest BCUT2D eigenvalue weighted by Gasteiger charge is 2.32. The first-order valence-corrected chi connectivity index (χ1v) is 5.19. The van der Waals surface area contributed by atoms with Crippen LogP contribution in [0.4, 0.5) is 4.79 Å². The molecule has 2 rings (SSSR count). The Bertz CT molecular complexity index is 334. The number of hydrogen-bond acceptors (Lipinski definition) is 4. The molecule has 1 N–H and O–H groups in total. The first-order valence-electron chi connectivity index (χ1n) is 5.19. The van der Waals surface area contributed by atoms with Crippen LogP contribution >= 0.6 is 0 Å². The summed E-state index contributed by atoms with van der Waals surface area (Å²) >= 11 is 0. The van der Waals surface area contributed by atoms with Crippen LogP contribution in [0.5, 0.6) is 0 Å². The van der Waals surface area contributed by atoms with Gasteiger partial charge in [-0.1, -0.05) is 5.21 Å². The Morgan fingerprint density at radius 1 is 1.62 bits per heavy atom. The summed E-state index contributed by atoms with van der Waals surface area (Å²) < 4.78 is 6.62. The lowest BCUT2D eigenvalue weighted by Crippen LogP contribution is -2.54. The molecule has 0 unspecified atom stereocenters. The van der Waals surface area contributed by atoms with Gasteiger partial charge in [-0.25, -0.2) is 9.48 Å².